The van der Waals surface area contributed by atoms with Crippen LogP contribution in [0, 0.1) is 11.8 Å². The first kappa shape index (κ1) is 20.7. The molecule has 1 aliphatic carbocycles. The molecule has 3 aliphatic rings. The monoisotopic (exact) mass is 449 g/mol. The quantitative estimate of drug-likeness (QED) is 0.522. The van der Waals surface area contributed by atoms with Gasteiger partial charge in [0.25, 0.3) is 0 Å². The smallest absolute Gasteiger partial charge is 0.203 e. The van der Waals surface area contributed by atoms with E-state index in [0.29, 0.717) is 23.3 Å². The van der Waals surface area contributed by atoms with Gasteiger partial charge in [0.2, 0.25) is 5.75 Å². The van der Waals surface area contributed by atoms with Crippen LogP contribution >= 0.6 is 0 Å². The van der Waals surface area contributed by atoms with E-state index in [4.69, 9.17) is 23.7 Å². The first-order chi connectivity index (χ1) is 16.1. The van der Waals surface area contributed by atoms with Crippen molar-refractivity contribution in [2.45, 2.75) is 31.8 Å². The van der Waals surface area contributed by atoms with Gasteiger partial charge < -0.3 is 23.7 Å². The molecule has 174 valence electrons. The van der Waals surface area contributed by atoms with Crippen molar-refractivity contribution in [1.82, 2.24) is 4.90 Å². The minimum Gasteiger partial charge on any atom is -0.493 e. The van der Waals surface area contributed by atoms with E-state index in [2.05, 4.69) is 23.1 Å². The van der Waals surface area contributed by atoms with Crippen LogP contribution in [-0.2, 0) is 13.0 Å². The van der Waals surface area contributed by atoms with Crippen molar-refractivity contribution >= 4 is 21.5 Å². The molecule has 1 saturated carbocycles. The highest BCUT2D eigenvalue weighted by Gasteiger charge is 2.47. The second-order valence-electron chi connectivity index (χ2n) is 9.56. The van der Waals surface area contributed by atoms with Crippen molar-refractivity contribution in [1.29, 1.82) is 0 Å². The molecule has 3 aromatic rings. The molecule has 0 bridgehead atoms. The summed E-state index contributed by atoms with van der Waals surface area (Å²) in [7, 11) is 8.43. The SMILES string of the molecule is COc1cc2c3c(c4c(OC)c(OC)c(OC)cc4c2cc1OC)CC1CC2CC2CN1C3. The van der Waals surface area contributed by atoms with Crippen molar-refractivity contribution in [2.24, 2.45) is 11.8 Å². The number of methoxy groups -OCH3 is 5. The first-order valence-electron chi connectivity index (χ1n) is 11.7. The third-order valence-electron chi connectivity index (χ3n) is 8.07. The van der Waals surface area contributed by atoms with Gasteiger partial charge in [-0.2, -0.15) is 0 Å². The van der Waals surface area contributed by atoms with Gasteiger partial charge in [0.1, 0.15) is 0 Å². The Morgan fingerprint density at radius 2 is 1.33 bits per heavy atom. The zero-order chi connectivity index (χ0) is 22.9. The second kappa shape index (κ2) is 7.59. The van der Waals surface area contributed by atoms with Gasteiger partial charge in [-0.25, -0.2) is 0 Å². The summed E-state index contributed by atoms with van der Waals surface area (Å²) in [5.74, 6) is 5.32. The molecule has 6 heteroatoms. The Morgan fingerprint density at radius 1 is 0.667 bits per heavy atom. The lowest BCUT2D eigenvalue weighted by atomic mass is 9.82. The highest BCUT2D eigenvalue weighted by atomic mass is 16.5. The van der Waals surface area contributed by atoms with Gasteiger partial charge in [0.05, 0.1) is 35.5 Å². The van der Waals surface area contributed by atoms with Crippen LogP contribution in [-0.4, -0.2) is 53.0 Å². The van der Waals surface area contributed by atoms with Crippen LogP contribution in [0.4, 0.5) is 0 Å². The van der Waals surface area contributed by atoms with E-state index in [9.17, 15) is 0 Å². The van der Waals surface area contributed by atoms with E-state index in [1.807, 2.05) is 0 Å². The van der Waals surface area contributed by atoms with Crippen molar-refractivity contribution < 1.29 is 23.7 Å². The van der Waals surface area contributed by atoms with Gasteiger partial charge in [-0.3, -0.25) is 4.90 Å². The predicted molar refractivity (Wildman–Crippen MR) is 128 cm³/mol. The molecule has 2 heterocycles. The zero-order valence-electron chi connectivity index (χ0n) is 20.0. The van der Waals surface area contributed by atoms with Crippen LogP contribution in [0.5, 0.6) is 28.7 Å². The van der Waals surface area contributed by atoms with E-state index >= 15 is 0 Å². The fourth-order valence-electron chi connectivity index (χ4n) is 6.36. The van der Waals surface area contributed by atoms with E-state index in [1.54, 1.807) is 35.5 Å². The molecule has 0 N–H and O–H groups in total. The van der Waals surface area contributed by atoms with Crippen molar-refractivity contribution in [3.8, 4) is 28.7 Å². The summed E-state index contributed by atoms with van der Waals surface area (Å²) in [4.78, 5) is 2.70. The number of nitrogens with zero attached hydrogens (tertiary/aromatic N) is 1. The lowest BCUT2D eigenvalue weighted by Gasteiger charge is -2.41. The third-order valence-corrected chi connectivity index (χ3v) is 8.07. The Kier molecular flexibility index (Phi) is 4.77. The van der Waals surface area contributed by atoms with E-state index < -0.39 is 0 Å². The number of benzene rings is 3. The Bertz CT molecular complexity index is 1270. The minimum atomic E-state index is 0.583. The molecule has 2 fully saturated rings. The topological polar surface area (TPSA) is 49.4 Å². The molecule has 6 rings (SSSR count). The summed E-state index contributed by atoms with van der Waals surface area (Å²) < 4.78 is 28.9. The molecule has 0 amide bonds. The summed E-state index contributed by atoms with van der Waals surface area (Å²) in [5, 5.41) is 4.54. The van der Waals surface area contributed by atoms with Crippen LogP contribution in [0.25, 0.3) is 21.5 Å². The molecule has 1 saturated heterocycles. The Balaban J connectivity index is 1.72. The molecule has 3 atom stereocenters. The second-order valence-corrected chi connectivity index (χ2v) is 9.56. The molecule has 0 radical (unpaired) electrons. The molecular weight excluding hydrogens is 418 g/mol. The van der Waals surface area contributed by atoms with E-state index in [0.717, 1.165) is 52.5 Å². The predicted octanol–water partition coefficient (Wildman–Crippen LogP) is 4.80. The summed E-state index contributed by atoms with van der Waals surface area (Å²) in [6.45, 7) is 2.16. The normalized spacial score (nSPS) is 23.5. The van der Waals surface area contributed by atoms with E-state index in [1.165, 1.54) is 35.9 Å². The van der Waals surface area contributed by atoms with E-state index in [-0.39, 0.29) is 0 Å². The molecule has 6 nitrogen and oxygen atoms in total. The molecular formula is C27H31NO5. The average Bonchev–Trinajstić information content (AvgIpc) is 3.62. The lowest BCUT2D eigenvalue weighted by molar-refractivity contribution is 0.122. The highest BCUT2D eigenvalue weighted by molar-refractivity contribution is 6.15. The zero-order valence-corrected chi connectivity index (χ0v) is 20.0. The van der Waals surface area contributed by atoms with Crippen LogP contribution in [0.2, 0.25) is 0 Å². The summed E-state index contributed by atoms with van der Waals surface area (Å²) in [6, 6.07) is 6.89. The maximum atomic E-state index is 6.00. The summed E-state index contributed by atoms with van der Waals surface area (Å²) in [5.41, 5.74) is 2.72. The first-order valence-corrected chi connectivity index (χ1v) is 11.7. The molecule has 2 aliphatic heterocycles. The lowest BCUT2D eigenvalue weighted by Crippen LogP contribution is -2.44. The highest BCUT2D eigenvalue weighted by Crippen LogP contribution is 2.54. The maximum absolute atomic E-state index is 6.00. The van der Waals surface area contributed by atoms with Gasteiger partial charge in [-0.1, -0.05) is 0 Å². The number of hydrogen-bond donors (Lipinski definition) is 0. The molecule has 3 unspecified atom stereocenters. The Hall–Kier alpha value is -2.86. The van der Waals surface area contributed by atoms with Gasteiger partial charge in [0.15, 0.2) is 23.0 Å². The van der Waals surface area contributed by atoms with Gasteiger partial charge in [0, 0.05) is 24.5 Å². The van der Waals surface area contributed by atoms with Gasteiger partial charge >= 0.3 is 0 Å². The van der Waals surface area contributed by atoms with Crippen molar-refractivity contribution in [3.63, 3.8) is 0 Å². The number of fused-ring (bicyclic) bond motifs is 8. The largest absolute Gasteiger partial charge is 0.493 e. The molecule has 3 aromatic carbocycles. The van der Waals surface area contributed by atoms with Crippen molar-refractivity contribution in [3.05, 3.63) is 29.3 Å². The summed E-state index contributed by atoms with van der Waals surface area (Å²) >= 11 is 0. The number of piperidine rings is 1. The van der Waals surface area contributed by atoms with Crippen LogP contribution in [0.15, 0.2) is 18.2 Å². The summed E-state index contributed by atoms with van der Waals surface area (Å²) in [6.07, 6.45) is 3.71. The van der Waals surface area contributed by atoms with Crippen molar-refractivity contribution in [2.75, 3.05) is 42.1 Å². The molecule has 0 spiro atoms. The minimum absolute atomic E-state index is 0.583. The van der Waals surface area contributed by atoms with Crippen LogP contribution in [0.3, 0.4) is 0 Å². The number of rotatable bonds is 5. The maximum Gasteiger partial charge on any atom is 0.203 e. The fraction of sp³-hybridized carbons (Fsp3) is 0.481. The Labute approximate surface area is 194 Å². The fourth-order valence-corrected chi connectivity index (χ4v) is 6.36. The van der Waals surface area contributed by atoms with Crippen LogP contribution in [0.1, 0.15) is 24.0 Å². The number of hydrogen-bond acceptors (Lipinski definition) is 6. The third kappa shape index (κ3) is 2.96. The molecule has 33 heavy (non-hydrogen) atoms. The number of ether oxygens (including phenoxy) is 5. The Morgan fingerprint density at radius 3 is 2.00 bits per heavy atom. The average molecular weight is 450 g/mol. The van der Waals surface area contributed by atoms with Crippen LogP contribution < -0.4 is 23.7 Å². The van der Waals surface area contributed by atoms with Gasteiger partial charge in [-0.15, -0.1) is 0 Å². The standard InChI is InChI=1S/C27H31NO5/c1-29-22-9-17-18(10-23(22)30-2)21-13-28-12-15-6-14(15)7-16(28)8-19(21)25-20(17)11-24(31-3)26(32-4)27(25)33-5/h9-11,14-16H,6-8,12-13H2,1-5H3. The van der Waals surface area contributed by atoms with Gasteiger partial charge in [-0.05, 0) is 76.6 Å². The molecule has 0 aromatic heterocycles.